The molecule has 3 aromatic carbocycles. The number of anilines is 1. The van der Waals surface area contributed by atoms with Crippen LogP contribution in [-0.2, 0) is 10.0 Å². The quantitative estimate of drug-likeness (QED) is 0.519. The van der Waals surface area contributed by atoms with Crippen molar-refractivity contribution in [2.45, 2.75) is 31.2 Å². The SMILES string of the molecule is CC[C@H](NC(=O)c1ccc(NS(=O)(=O)c2ccc(C)cc2)cc1Cl)c1ccccc1. The van der Waals surface area contributed by atoms with Crippen molar-refractivity contribution < 1.29 is 13.2 Å². The van der Waals surface area contributed by atoms with Crippen LogP contribution < -0.4 is 10.0 Å². The fraction of sp³-hybridized carbons (Fsp3) is 0.174. The lowest BCUT2D eigenvalue weighted by atomic mass is 10.0. The Morgan fingerprint density at radius 3 is 2.27 bits per heavy atom. The number of nitrogens with one attached hydrogen (secondary N) is 2. The third-order valence-corrected chi connectivity index (χ3v) is 6.42. The van der Waals surface area contributed by atoms with Gasteiger partial charge in [0.15, 0.2) is 0 Å². The minimum Gasteiger partial charge on any atom is -0.345 e. The molecule has 0 aliphatic carbocycles. The van der Waals surface area contributed by atoms with Crippen molar-refractivity contribution in [1.29, 1.82) is 0 Å². The van der Waals surface area contributed by atoms with Crippen LogP contribution in [0.2, 0.25) is 5.02 Å². The number of rotatable bonds is 7. The van der Waals surface area contributed by atoms with Crippen LogP contribution in [0.1, 0.15) is 40.9 Å². The first-order valence-electron chi connectivity index (χ1n) is 9.55. The van der Waals surface area contributed by atoms with Gasteiger partial charge in [-0.05, 0) is 49.2 Å². The van der Waals surface area contributed by atoms with E-state index in [9.17, 15) is 13.2 Å². The summed E-state index contributed by atoms with van der Waals surface area (Å²) in [6.07, 6.45) is 0.724. The molecule has 0 bridgehead atoms. The summed E-state index contributed by atoms with van der Waals surface area (Å²) >= 11 is 6.30. The van der Waals surface area contributed by atoms with Crippen LogP contribution in [0.3, 0.4) is 0 Å². The molecule has 0 saturated carbocycles. The largest absolute Gasteiger partial charge is 0.345 e. The maximum atomic E-state index is 12.7. The van der Waals surface area contributed by atoms with Gasteiger partial charge < -0.3 is 5.32 Å². The normalized spacial score (nSPS) is 12.2. The Morgan fingerprint density at radius 1 is 1.00 bits per heavy atom. The highest BCUT2D eigenvalue weighted by Gasteiger charge is 2.18. The van der Waals surface area contributed by atoms with Crippen molar-refractivity contribution in [3.8, 4) is 0 Å². The molecule has 0 heterocycles. The second-order valence-electron chi connectivity index (χ2n) is 6.96. The molecule has 2 N–H and O–H groups in total. The molecule has 3 rings (SSSR count). The molecule has 30 heavy (non-hydrogen) atoms. The third-order valence-electron chi connectivity index (χ3n) is 4.71. The highest BCUT2D eigenvalue weighted by molar-refractivity contribution is 7.92. The molecule has 7 heteroatoms. The maximum Gasteiger partial charge on any atom is 0.261 e. The van der Waals surface area contributed by atoms with Gasteiger partial charge >= 0.3 is 0 Å². The van der Waals surface area contributed by atoms with Crippen LogP contribution in [-0.4, -0.2) is 14.3 Å². The Bertz CT molecular complexity index is 1130. The predicted molar refractivity (Wildman–Crippen MR) is 120 cm³/mol. The molecule has 1 atom stereocenters. The lowest BCUT2D eigenvalue weighted by Gasteiger charge is -2.18. The molecule has 1 amide bonds. The molecule has 3 aromatic rings. The Kier molecular flexibility index (Phi) is 6.80. The van der Waals surface area contributed by atoms with Gasteiger partial charge in [0.1, 0.15) is 0 Å². The number of hydrogen-bond donors (Lipinski definition) is 2. The fourth-order valence-electron chi connectivity index (χ4n) is 3.04. The van der Waals surface area contributed by atoms with Crippen molar-refractivity contribution in [3.63, 3.8) is 0 Å². The van der Waals surface area contributed by atoms with Crippen molar-refractivity contribution >= 4 is 33.2 Å². The number of hydrogen-bond acceptors (Lipinski definition) is 3. The predicted octanol–water partition coefficient (Wildman–Crippen LogP) is 5.33. The molecule has 0 unspecified atom stereocenters. The first kappa shape index (κ1) is 21.9. The van der Waals surface area contributed by atoms with Crippen molar-refractivity contribution in [1.82, 2.24) is 5.32 Å². The van der Waals surface area contributed by atoms with Gasteiger partial charge in [-0.1, -0.05) is 66.6 Å². The average Bonchev–Trinajstić information content (AvgIpc) is 2.72. The Labute approximate surface area is 182 Å². The lowest BCUT2D eigenvalue weighted by molar-refractivity contribution is 0.0935. The van der Waals surface area contributed by atoms with Crippen LogP contribution in [0.4, 0.5) is 5.69 Å². The van der Waals surface area contributed by atoms with E-state index in [-0.39, 0.29) is 33.1 Å². The van der Waals surface area contributed by atoms with Crippen LogP contribution in [0.25, 0.3) is 0 Å². The Balaban J connectivity index is 1.76. The second kappa shape index (κ2) is 9.32. The lowest BCUT2D eigenvalue weighted by Crippen LogP contribution is -2.28. The molecule has 0 aliphatic heterocycles. The number of carbonyl (C=O) groups excluding carboxylic acids is 1. The number of sulfonamides is 1. The van der Waals surface area contributed by atoms with Gasteiger partial charge in [0.25, 0.3) is 15.9 Å². The average molecular weight is 443 g/mol. The molecular weight excluding hydrogens is 420 g/mol. The van der Waals surface area contributed by atoms with E-state index in [1.807, 2.05) is 44.2 Å². The standard InChI is InChI=1S/C23H23ClN2O3S/c1-3-22(17-7-5-4-6-8-17)25-23(27)20-14-11-18(15-21(20)24)26-30(28,29)19-12-9-16(2)10-13-19/h4-15,22,26H,3H2,1-2H3,(H,25,27)/t22-/m0/s1. The highest BCUT2D eigenvalue weighted by atomic mass is 35.5. The van der Waals surface area contributed by atoms with Gasteiger partial charge in [0.2, 0.25) is 0 Å². The number of halogens is 1. The van der Waals surface area contributed by atoms with E-state index in [0.717, 1.165) is 17.5 Å². The van der Waals surface area contributed by atoms with E-state index >= 15 is 0 Å². The molecule has 0 aliphatic rings. The monoisotopic (exact) mass is 442 g/mol. The topological polar surface area (TPSA) is 75.3 Å². The summed E-state index contributed by atoms with van der Waals surface area (Å²) in [4.78, 5) is 12.9. The summed E-state index contributed by atoms with van der Waals surface area (Å²) in [5.74, 6) is -0.316. The number of carbonyl (C=O) groups is 1. The smallest absolute Gasteiger partial charge is 0.261 e. The minimum atomic E-state index is -3.75. The van der Waals surface area contributed by atoms with Crippen molar-refractivity contribution in [2.75, 3.05) is 4.72 Å². The van der Waals surface area contributed by atoms with Gasteiger partial charge in [-0.2, -0.15) is 0 Å². The van der Waals surface area contributed by atoms with Crippen LogP contribution >= 0.6 is 11.6 Å². The van der Waals surface area contributed by atoms with Gasteiger partial charge in [-0.3, -0.25) is 9.52 Å². The van der Waals surface area contributed by atoms with Gasteiger partial charge in [-0.25, -0.2) is 8.42 Å². The van der Waals surface area contributed by atoms with E-state index in [1.54, 1.807) is 12.1 Å². The van der Waals surface area contributed by atoms with E-state index in [0.29, 0.717) is 0 Å². The summed E-state index contributed by atoms with van der Waals surface area (Å²) in [5.41, 5.74) is 2.54. The summed E-state index contributed by atoms with van der Waals surface area (Å²) in [5, 5.41) is 3.14. The summed E-state index contributed by atoms with van der Waals surface area (Å²) in [6.45, 7) is 3.87. The zero-order valence-electron chi connectivity index (χ0n) is 16.7. The van der Waals surface area contributed by atoms with E-state index in [4.69, 9.17) is 11.6 Å². The van der Waals surface area contributed by atoms with Gasteiger partial charge in [0.05, 0.1) is 27.2 Å². The summed E-state index contributed by atoms with van der Waals surface area (Å²) in [7, 11) is -3.75. The molecule has 156 valence electrons. The maximum absolute atomic E-state index is 12.7. The fourth-order valence-corrected chi connectivity index (χ4v) is 4.35. The zero-order valence-corrected chi connectivity index (χ0v) is 18.3. The van der Waals surface area contributed by atoms with E-state index in [1.165, 1.54) is 30.3 Å². The first-order chi connectivity index (χ1) is 14.3. The molecule has 0 aromatic heterocycles. The van der Waals surface area contributed by atoms with Crippen molar-refractivity contribution in [3.05, 3.63) is 94.5 Å². The molecule has 0 radical (unpaired) electrons. The summed E-state index contributed by atoms with van der Waals surface area (Å²) in [6, 6.07) is 20.5. The van der Waals surface area contributed by atoms with Crippen molar-refractivity contribution in [2.24, 2.45) is 0 Å². The van der Waals surface area contributed by atoms with E-state index in [2.05, 4.69) is 10.0 Å². The zero-order chi connectivity index (χ0) is 21.7. The molecule has 0 spiro atoms. The minimum absolute atomic E-state index is 0.144. The molecular formula is C23H23ClN2O3S. The molecule has 0 saturated heterocycles. The first-order valence-corrected chi connectivity index (χ1v) is 11.4. The Hall–Kier alpha value is -2.83. The van der Waals surface area contributed by atoms with Gasteiger partial charge in [-0.15, -0.1) is 0 Å². The van der Waals surface area contributed by atoms with E-state index < -0.39 is 10.0 Å². The number of benzene rings is 3. The molecule has 0 fully saturated rings. The molecule has 5 nitrogen and oxygen atoms in total. The Morgan fingerprint density at radius 2 is 1.67 bits per heavy atom. The third kappa shape index (κ3) is 5.20. The second-order valence-corrected chi connectivity index (χ2v) is 9.05. The van der Waals surface area contributed by atoms with Crippen LogP contribution in [0.15, 0.2) is 77.7 Å². The number of amides is 1. The van der Waals surface area contributed by atoms with Gasteiger partial charge in [0, 0.05) is 0 Å². The van der Waals surface area contributed by atoms with Crippen LogP contribution in [0.5, 0.6) is 0 Å². The van der Waals surface area contributed by atoms with Crippen LogP contribution in [0, 0.1) is 6.92 Å². The highest BCUT2D eigenvalue weighted by Crippen LogP contribution is 2.25. The summed E-state index contributed by atoms with van der Waals surface area (Å²) < 4.78 is 27.6. The number of aryl methyl sites for hydroxylation is 1.